The van der Waals surface area contributed by atoms with Crippen molar-refractivity contribution in [1.29, 1.82) is 0 Å². The van der Waals surface area contributed by atoms with Gasteiger partial charge in [0.05, 0.1) is 42.5 Å². The van der Waals surface area contributed by atoms with Crippen molar-refractivity contribution in [2.45, 2.75) is 13.0 Å². The van der Waals surface area contributed by atoms with Crippen LogP contribution < -0.4 is 10.6 Å². The summed E-state index contributed by atoms with van der Waals surface area (Å²) >= 11 is 0. The van der Waals surface area contributed by atoms with Gasteiger partial charge in [0.2, 0.25) is 11.9 Å². The van der Waals surface area contributed by atoms with E-state index in [9.17, 15) is 9.59 Å². The monoisotopic (exact) mass is 576 g/mol. The lowest BCUT2D eigenvalue weighted by Gasteiger charge is -2.36. The second-order valence-electron chi connectivity index (χ2n) is 9.90. The lowest BCUT2D eigenvalue weighted by Crippen LogP contribution is -2.54. The number of anilines is 3. The molecule has 0 unspecified atom stereocenters. The topological polar surface area (TPSA) is 138 Å². The first-order chi connectivity index (χ1) is 20.4. The Morgan fingerprint density at radius 1 is 1.12 bits per heavy atom. The Morgan fingerprint density at radius 2 is 1.93 bits per heavy atom. The van der Waals surface area contributed by atoms with E-state index in [-0.39, 0.29) is 36.5 Å². The maximum Gasteiger partial charge on any atom is 0.356 e. The van der Waals surface area contributed by atoms with Gasteiger partial charge in [-0.1, -0.05) is 12.1 Å². The Morgan fingerprint density at radius 3 is 2.64 bits per heavy atom. The van der Waals surface area contributed by atoms with Gasteiger partial charge < -0.3 is 30.0 Å². The van der Waals surface area contributed by atoms with Gasteiger partial charge in [0.25, 0.3) is 0 Å². The largest absolute Gasteiger partial charge is 0.461 e. The van der Waals surface area contributed by atoms with Crippen molar-refractivity contribution in [2.75, 3.05) is 64.2 Å². The van der Waals surface area contributed by atoms with Crippen LogP contribution in [0.4, 0.5) is 21.7 Å². The number of benzene rings is 1. The second kappa shape index (κ2) is 13.0. The molecule has 4 heterocycles. The Hall–Kier alpha value is -4.46. The normalized spacial score (nSPS) is 15.0. The summed E-state index contributed by atoms with van der Waals surface area (Å²) in [7, 11) is 3.65. The van der Waals surface area contributed by atoms with Crippen LogP contribution in [0.3, 0.4) is 0 Å². The number of esters is 1. The molecule has 1 fully saturated rings. The molecule has 5 rings (SSSR count). The number of amides is 1. The third-order valence-electron chi connectivity index (χ3n) is 7.08. The molecule has 13 heteroatoms. The number of aromatic amines is 1. The van der Waals surface area contributed by atoms with Gasteiger partial charge in [0.15, 0.2) is 5.82 Å². The highest BCUT2D eigenvalue weighted by atomic mass is 19.1. The number of piperazine rings is 1. The zero-order valence-corrected chi connectivity index (χ0v) is 23.7. The smallest absolute Gasteiger partial charge is 0.356 e. The van der Waals surface area contributed by atoms with Crippen LogP contribution >= 0.6 is 0 Å². The maximum absolute atomic E-state index is 15.0. The average Bonchev–Trinajstić information content (AvgIpc) is 3.43. The minimum atomic E-state index is -0.609. The Labute approximate surface area is 242 Å². The first-order valence-electron chi connectivity index (χ1n) is 13.6. The van der Waals surface area contributed by atoms with Crippen molar-refractivity contribution in [3.8, 4) is 11.3 Å². The fraction of sp³-hybridized carbons (Fsp3) is 0.345. The summed E-state index contributed by atoms with van der Waals surface area (Å²) < 4.78 is 25.4. The fourth-order valence-electron chi connectivity index (χ4n) is 4.85. The van der Waals surface area contributed by atoms with Crippen LogP contribution in [0.15, 0.2) is 48.9 Å². The van der Waals surface area contributed by atoms with Crippen LogP contribution in [0.25, 0.3) is 22.2 Å². The number of carbonyl (C=O) groups excluding carboxylic acids is 2. The van der Waals surface area contributed by atoms with Crippen molar-refractivity contribution in [3.05, 3.63) is 60.4 Å². The molecule has 12 nitrogen and oxygen atoms in total. The number of nitrogens with zero attached hydrogens (tertiary/aromatic N) is 5. The SMILES string of the molecule is CCOC(=O)c1ccc(Nc2ncc(F)c(-c3c[nH]c4c(NC(=O)[C@@H](COC)N5CCN(C)CC5)cccc34)n2)cn1. The molecular weight excluding hydrogens is 543 g/mol. The molecule has 1 aliphatic rings. The summed E-state index contributed by atoms with van der Waals surface area (Å²) in [4.78, 5) is 45.3. The summed E-state index contributed by atoms with van der Waals surface area (Å²) in [6, 6.07) is 8.13. The average molecular weight is 577 g/mol. The number of halogens is 1. The molecular formula is C29H33FN8O4. The molecule has 4 aromatic rings. The molecule has 1 aromatic carbocycles. The quantitative estimate of drug-likeness (QED) is 0.241. The highest BCUT2D eigenvalue weighted by Gasteiger charge is 2.29. The molecule has 3 N–H and O–H groups in total. The first-order valence-corrected chi connectivity index (χ1v) is 13.6. The van der Waals surface area contributed by atoms with Gasteiger partial charge in [-0.2, -0.15) is 0 Å². The van der Waals surface area contributed by atoms with E-state index in [1.54, 1.807) is 38.4 Å². The van der Waals surface area contributed by atoms with E-state index >= 15 is 4.39 Å². The number of pyridine rings is 1. The minimum absolute atomic E-state index is 0.0769. The summed E-state index contributed by atoms with van der Waals surface area (Å²) in [5.74, 6) is -1.16. The number of carbonyl (C=O) groups is 2. The first kappa shape index (κ1) is 29.0. The van der Waals surface area contributed by atoms with E-state index < -0.39 is 17.8 Å². The van der Waals surface area contributed by atoms with Gasteiger partial charge in [0, 0.05) is 50.4 Å². The Balaban J connectivity index is 1.37. The Bertz CT molecular complexity index is 1550. The van der Waals surface area contributed by atoms with Crippen LogP contribution in [0.5, 0.6) is 0 Å². The van der Waals surface area contributed by atoms with Crippen molar-refractivity contribution < 1.29 is 23.5 Å². The van der Waals surface area contributed by atoms with Crippen molar-refractivity contribution in [1.82, 2.24) is 29.7 Å². The van der Waals surface area contributed by atoms with Gasteiger partial charge in [-0.3, -0.25) is 9.69 Å². The summed E-state index contributed by atoms with van der Waals surface area (Å²) in [5, 5.41) is 6.70. The van der Waals surface area contributed by atoms with E-state index in [1.165, 1.54) is 12.3 Å². The lowest BCUT2D eigenvalue weighted by atomic mass is 10.1. The minimum Gasteiger partial charge on any atom is -0.461 e. The van der Waals surface area contributed by atoms with Crippen molar-refractivity contribution in [2.24, 2.45) is 0 Å². The van der Waals surface area contributed by atoms with Crippen LogP contribution in [-0.4, -0.2) is 101 Å². The number of ether oxygens (including phenoxy) is 2. The molecule has 0 aliphatic carbocycles. The number of hydrogen-bond donors (Lipinski definition) is 3. The third kappa shape index (κ3) is 6.38. The van der Waals surface area contributed by atoms with E-state index in [0.717, 1.165) is 32.4 Å². The maximum atomic E-state index is 15.0. The van der Waals surface area contributed by atoms with E-state index in [4.69, 9.17) is 9.47 Å². The van der Waals surface area contributed by atoms with Gasteiger partial charge >= 0.3 is 5.97 Å². The van der Waals surface area contributed by atoms with Crippen LogP contribution in [-0.2, 0) is 14.3 Å². The number of methoxy groups -OCH3 is 1. The number of fused-ring (bicyclic) bond motifs is 1. The molecule has 0 bridgehead atoms. The number of H-pyrrole nitrogens is 1. The molecule has 3 aromatic heterocycles. The molecule has 1 aliphatic heterocycles. The third-order valence-corrected chi connectivity index (χ3v) is 7.08. The standard InChI is InChI=1S/C29H33FN8O4/c1-4-42-28(40)23-9-8-18(14-31-23)34-29-33-16-21(30)25(36-29)20-15-32-26-19(20)6-5-7-22(26)35-27(39)24(17-41-3)38-12-10-37(2)11-13-38/h5-9,14-16,24,32H,4,10-13,17H2,1-3H3,(H,35,39)(H,33,34,36)/t24-/m1/s1. The van der Waals surface area contributed by atoms with Crippen LogP contribution in [0.2, 0.25) is 0 Å². The number of likely N-dealkylation sites (N-methyl/N-ethyl adjacent to an activating group) is 1. The zero-order valence-electron chi connectivity index (χ0n) is 23.7. The summed E-state index contributed by atoms with van der Waals surface area (Å²) in [6.07, 6.45) is 4.18. The van der Waals surface area contributed by atoms with Gasteiger partial charge in [-0.15, -0.1) is 0 Å². The van der Waals surface area contributed by atoms with Crippen molar-refractivity contribution >= 4 is 40.1 Å². The predicted molar refractivity (Wildman–Crippen MR) is 156 cm³/mol. The lowest BCUT2D eigenvalue weighted by molar-refractivity contribution is -0.124. The number of para-hydroxylation sites is 1. The highest BCUT2D eigenvalue weighted by molar-refractivity contribution is 6.06. The molecule has 0 radical (unpaired) electrons. The van der Waals surface area contributed by atoms with Crippen LogP contribution in [0.1, 0.15) is 17.4 Å². The molecule has 1 amide bonds. The number of hydrogen-bond acceptors (Lipinski definition) is 10. The second-order valence-corrected chi connectivity index (χ2v) is 9.90. The van der Waals surface area contributed by atoms with Gasteiger partial charge in [-0.05, 0) is 32.2 Å². The van der Waals surface area contributed by atoms with Crippen molar-refractivity contribution in [3.63, 3.8) is 0 Å². The van der Waals surface area contributed by atoms with E-state index in [1.807, 2.05) is 6.07 Å². The van der Waals surface area contributed by atoms with Gasteiger partial charge in [-0.25, -0.2) is 24.1 Å². The number of rotatable bonds is 10. The van der Waals surface area contributed by atoms with E-state index in [2.05, 4.69) is 47.4 Å². The summed E-state index contributed by atoms with van der Waals surface area (Å²) in [6.45, 7) is 5.52. The molecule has 1 saturated heterocycles. The molecule has 0 saturated carbocycles. The Kier molecular flexibility index (Phi) is 9.00. The molecule has 0 spiro atoms. The number of nitrogens with one attached hydrogen (secondary N) is 3. The van der Waals surface area contributed by atoms with Crippen LogP contribution in [0, 0.1) is 5.82 Å². The molecule has 220 valence electrons. The predicted octanol–water partition coefficient (Wildman–Crippen LogP) is 3.28. The fourth-order valence-corrected chi connectivity index (χ4v) is 4.85. The molecule has 1 atom stereocenters. The number of aromatic nitrogens is 4. The van der Waals surface area contributed by atoms with E-state index in [0.29, 0.717) is 27.8 Å². The summed E-state index contributed by atoms with van der Waals surface area (Å²) in [5.41, 5.74) is 2.47. The van der Waals surface area contributed by atoms with Gasteiger partial charge in [0.1, 0.15) is 17.4 Å². The zero-order chi connectivity index (χ0) is 29.6. The highest BCUT2D eigenvalue weighted by Crippen LogP contribution is 2.33. The molecule has 42 heavy (non-hydrogen) atoms.